The van der Waals surface area contributed by atoms with E-state index in [0.29, 0.717) is 12.2 Å². The van der Waals surface area contributed by atoms with Gasteiger partial charge < -0.3 is 9.47 Å². The van der Waals surface area contributed by atoms with Gasteiger partial charge in [-0.1, -0.05) is 12.1 Å². The molecule has 0 heterocycles. The summed E-state index contributed by atoms with van der Waals surface area (Å²) in [6.45, 7) is 2.40. The first-order chi connectivity index (χ1) is 6.70. The summed E-state index contributed by atoms with van der Waals surface area (Å²) in [5, 5.41) is 0. The van der Waals surface area contributed by atoms with Gasteiger partial charge in [-0.3, -0.25) is 0 Å². The zero-order valence-electron chi connectivity index (χ0n) is 8.66. The second kappa shape index (κ2) is 4.77. The van der Waals surface area contributed by atoms with Gasteiger partial charge in [0.2, 0.25) is 0 Å². The molecule has 14 heavy (non-hydrogen) atoms. The monoisotopic (exact) mass is 194 g/mol. The molecule has 0 aliphatic carbocycles. The maximum atomic E-state index is 11.3. The van der Waals surface area contributed by atoms with Gasteiger partial charge in [0.05, 0.1) is 19.3 Å². The first kappa shape index (κ1) is 10.7. The van der Waals surface area contributed by atoms with E-state index in [1.54, 1.807) is 13.2 Å². The van der Waals surface area contributed by atoms with E-state index in [-0.39, 0.29) is 5.97 Å². The Morgan fingerprint density at radius 3 is 2.64 bits per heavy atom. The number of carbonyl (C=O) groups excluding carboxylic acids is 1. The standard InChI is InChI=1S/C11H14O3/c1-8-9(7-13-2)5-4-6-10(8)11(12)14-3/h4-6H,7H2,1-3H3. The molecule has 0 atom stereocenters. The van der Waals surface area contributed by atoms with Crippen molar-refractivity contribution in [1.29, 1.82) is 0 Å². The van der Waals surface area contributed by atoms with Crippen LogP contribution in [0.3, 0.4) is 0 Å². The van der Waals surface area contributed by atoms with Crippen LogP contribution < -0.4 is 0 Å². The van der Waals surface area contributed by atoms with Crippen molar-refractivity contribution in [3.63, 3.8) is 0 Å². The Hall–Kier alpha value is -1.35. The zero-order chi connectivity index (χ0) is 10.6. The quantitative estimate of drug-likeness (QED) is 0.690. The minimum atomic E-state index is -0.305. The highest BCUT2D eigenvalue weighted by Crippen LogP contribution is 2.15. The lowest BCUT2D eigenvalue weighted by Gasteiger charge is -2.08. The number of esters is 1. The van der Waals surface area contributed by atoms with E-state index < -0.39 is 0 Å². The van der Waals surface area contributed by atoms with E-state index in [9.17, 15) is 4.79 Å². The average Bonchev–Trinajstić information content (AvgIpc) is 2.20. The molecule has 0 aromatic heterocycles. The summed E-state index contributed by atoms with van der Waals surface area (Å²) in [5.74, 6) is -0.305. The molecule has 0 N–H and O–H groups in total. The van der Waals surface area contributed by atoms with Gasteiger partial charge in [0, 0.05) is 7.11 Å². The summed E-state index contributed by atoms with van der Waals surface area (Å²) in [4.78, 5) is 11.3. The van der Waals surface area contributed by atoms with Crippen LogP contribution in [-0.2, 0) is 16.1 Å². The number of carbonyl (C=O) groups is 1. The number of hydrogen-bond donors (Lipinski definition) is 0. The van der Waals surface area contributed by atoms with Gasteiger partial charge >= 0.3 is 5.97 Å². The second-order valence-corrected chi connectivity index (χ2v) is 3.01. The smallest absolute Gasteiger partial charge is 0.338 e. The summed E-state index contributed by atoms with van der Waals surface area (Å²) >= 11 is 0. The van der Waals surface area contributed by atoms with Crippen molar-refractivity contribution in [3.8, 4) is 0 Å². The fraction of sp³-hybridized carbons (Fsp3) is 0.364. The fourth-order valence-corrected chi connectivity index (χ4v) is 1.33. The maximum Gasteiger partial charge on any atom is 0.338 e. The largest absolute Gasteiger partial charge is 0.465 e. The predicted octanol–water partition coefficient (Wildman–Crippen LogP) is 1.93. The molecule has 0 spiro atoms. The Balaban J connectivity index is 3.07. The lowest BCUT2D eigenvalue weighted by atomic mass is 10.0. The average molecular weight is 194 g/mol. The van der Waals surface area contributed by atoms with Crippen LogP contribution in [0.2, 0.25) is 0 Å². The highest BCUT2D eigenvalue weighted by Gasteiger charge is 2.10. The van der Waals surface area contributed by atoms with Crippen molar-refractivity contribution in [2.45, 2.75) is 13.5 Å². The molecular weight excluding hydrogens is 180 g/mol. The maximum absolute atomic E-state index is 11.3. The van der Waals surface area contributed by atoms with E-state index in [2.05, 4.69) is 4.74 Å². The molecule has 0 saturated heterocycles. The molecule has 0 aliphatic rings. The van der Waals surface area contributed by atoms with Crippen molar-refractivity contribution in [3.05, 3.63) is 34.9 Å². The molecule has 1 aromatic carbocycles. The molecule has 0 saturated carbocycles. The minimum absolute atomic E-state index is 0.305. The molecule has 3 heteroatoms. The van der Waals surface area contributed by atoms with Gasteiger partial charge in [-0.2, -0.15) is 0 Å². The fourth-order valence-electron chi connectivity index (χ4n) is 1.33. The van der Waals surface area contributed by atoms with E-state index in [1.807, 2.05) is 19.1 Å². The van der Waals surface area contributed by atoms with Crippen LogP contribution in [0.15, 0.2) is 18.2 Å². The third-order valence-corrected chi connectivity index (χ3v) is 2.15. The number of ether oxygens (including phenoxy) is 2. The number of benzene rings is 1. The second-order valence-electron chi connectivity index (χ2n) is 3.01. The summed E-state index contributed by atoms with van der Waals surface area (Å²) in [7, 11) is 3.01. The van der Waals surface area contributed by atoms with Crippen molar-refractivity contribution in [2.24, 2.45) is 0 Å². The van der Waals surface area contributed by atoms with Crippen LogP contribution in [0.5, 0.6) is 0 Å². The highest BCUT2D eigenvalue weighted by molar-refractivity contribution is 5.91. The molecule has 0 fully saturated rings. The first-order valence-electron chi connectivity index (χ1n) is 4.36. The Morgan fingerprint density at radius 1 is 1.36 bits per heavy atom. The highest BCUT2D eigenvalue weighted by atomic mass is 16.5. The summed E-state index contributed by atoms with van der Waals surface area (Å²) in [6, 6.07) is 5.51. The number of hydrogen-bond acceptors (Lipinski definition) is 3. The van der Waals surface area contributed by atoms with Gasteiger partial charge in [-0.25, -0.2) is 4.79 Å². The Morgan fingerprint density at radius 2 is 2.07 bits per heavy atom. The molecule has 3 nitrogen and oxygen atoms in total. The SMILES string of the molecule is COCc1cccc(C(=O)OC)c1C. The summed E-state index contributed by atoms with van der Waals surface area (Å²) in [5.41, 5.74) is 2.53. The topological polar surface area (TPSA) is 35.5 Å². The Bertz CT molecular complexity index is 331. The molecule has 0 amide bonds. The third kappa shape index (κ3) is 2.12. The zero-order valence-corrected chi connectivity index (χ0v) is 8.66. The van der Waals surface area contributed by atoms with E-state index in [0.717, 1.165) is 11.1 Å². The van der Waals surface area contributed by atoms with E-state index >= 15 is 0 Å². The van der Waals surface area contributed by atoms with Crippen LogP contribution in [0.1, 0.15) is 21.5 Å². The van der Waals surface area contributed by atoms with Crippen LogP contribution in [0.4, 0.5) is 0 Å². The normalized spacial score (nSPS) is 9.93. The van der Waals surface area contributed by atoms with Crippen LogP contribution in [0, 0.1) is 6.92 Å². The van der Waals surface area contributed by atoms with Gasteiger partial charge in [-0.15, -0.1) is 0 Å². The summed E-state index contributed by atoms with van der Waals surface area (Å²) in [6.07, 6.45) is 0. The first-order valence-corrected chi connectivity index (χ1v) is 4.36. The van der Waals surface area contributed by atoms with Crippen LogP contribution in [0.25, 0.3) is 0 Å². The molecule has 1 aromatic rings. The van der Waals surface area contributed by atoms with Crippen molar-refractivity contribution >= 4 is 5.97 Å². The Labute approximate surface area is 83.6 Å². The van der Waals surface area contributed by atoms with Gasteiger partial charge in [-0.05, 0) is 24.1 Å². The van der Waals surface area contributed by atoms with Crippen molar-refractivity contribution in [1.82, 2.24) is 0 Å². The number of methoxy groups -OCH3 is 2. The van der Waals surface area contributed by atoms with Crippen molar-refractivity contribution < 1.29 is 14.3 Å². The van der Waals surface area contributed by atoms with Crippen LogP contribution >= 0.6 is 0 Å². The molecule has 0 bridgehead atoms. The van der Waals surface area contributed by atoms with Gasteiger partial charge in [0.1, 0.15) is 0 Å². The van der Waals surface area contributed by atoms with E-state index in [4.69, 9.17) is 4.74 Å². The summed E-state index contributed by atoms with van der Waals surface area (Å²) < 4.78 is 9.70. The molecule has 0 radical (unpaired) electrons. The Kier molecular flexibility index (Phi) is 3.65. The molecule has 1 rings (SSSR count). The molecule has 76 valence electrons. The lowest BCUT2D eigenvalue weighted by Crippen LogP contribution is -2.06. The lowest BCUT2D eigenvalue weighted by molar-refractivity contribution is 0.0599. The number of rotatable bonds is 3. The van der Waals surface area contributed by atoms with Crippen LogP contribution in [-0.4, -0.2) is 20.2 Å². The van der Waals surface area contributed by atoms with Crippen molar-refractivity contribution in [2.75, 3.05) is 14.2 Å². The predicted molar refractivity (Wildman–Crippen MR) is 53.2 cm³/mol. The molecule has 0 unspecified atom stereocenters. The van der Waals surface area contributed by atoms with Gasteiger partial charge in [0.15, 0.2) is 0 Å². The minimum Gasteiger partial charge on any atom is -0.465 e. The molecule has 0 aliphatic heterocycles. The van der Waals surface area contributed by atoms with Gasteiger partial charge in [0.25, 0.3) is 0 Å². The third-order valence-electron chi connectivity index (χ3n) is 2.15. The molecular formula is C11H14O3. The van der Waals surface area contributed by atoms with E-state index in [1.165, 1.54) is 7.11 Å².